The molecule has 25 heavy (non-hydrogen) atoms. The molecule has 0 spiro atoms. The Bertz CT molecular complexity index is 887. The third-order valence-electron chi connectivity index (χ3n) is 3.78. The molecule has 0 unspecified atom stereocenters. The first kappa shape index (κ1) is 17.2. The minimum atomic E-state index is -0.319. The maximum Gasteiger partial charge on any atom is 0.322 e. The molecular weight excluding hydrogens is 338 g/mol. The first-order valence-corrected chi connectivity index (χ1v) is 8.85. The van der Waals surface area contributed by atoms with Crippen LogP contribution in [0.4, 0.5) is 6.01 Å². The van der Waals surface area contributed by atoms with Crippen molar-refractivity contribution in [2.24, 2.45) is 0 Å². The Hall–Kier alpha value is -2.61. The van der Waals surface area contributed by atoms with Gasteiger partial charge in [-0.05, 0) is 42.9 Å². The number of carbonyl (C=O) groups is 1. The monoisotopic (exact) mass is 357 g/mol. The maximum atomic E-state index is 12.3. The number of aryl methyl sites for hydroxylation is 3. The summed E-state index contributed by atoms with van der Waals surface area (Å²) in [6.45, 7) is 6.13. The van der Waals surface area contributed by atoms with Crippen molar-refractivity contribution in [2.75, 3.05) is 5.32 Å². The molecule has 0 aliphatic heterocycles. The molecular formula is C17H19N5O2S. The van der Waals surface area contributed by atoms with Crippen molar-refractivity contribution in [1.82, 2.24) is 19.8 Å². The number of hydrogen-bond acceptors (Lipinski definition) is 7. The Balaban J connectivity index is 1.69. The van der Waals surface area contributed by atoms with Crippen molar-refractivity contribution >= 4 is 23.5 Å². The van der Waals surface area contributed by atoms with Crippen molar-refractivity contribution < 1.29 is 9.21 Å². The van der Waals surface area contributed by atoms with E-state index in [2.05, 4.69) is 38.1 Å². The van der Waals surface area contributed by atoms with Crippen molar-refractivity contribution in [1.29, 1.82) is 0 Å². The topological polar surface area (TPSA) is 93.8 Å². The number of hydrogen-bond donors (Lipinski definition) is 1. The van der Waals surface area contributed by atoms with Crippen LogP contribution in [0.1, 0.15) is 51.3 Å². The highest BCUT2D eigenvalue weighted by Gasteiger charge is 2.18. The Labute approximate surface area is 149 Å². The minimum Gasteiger partial charge on any atom is -0.407 e. The molecule has 2 heterocycles. The van der Waals surface area contributed by atoms with Crippen LogP contribution in [0.2, 0.25) is 0 Å². The number of aromatic nitrogens is 4. The molecule has 7 nitrogen and oxygen atoms in total. The van der Waals surface area contributed by atoms with Crippen molar-refractivity contribution in [3.05, 3.63) is 51.4 Å². The molecule has 0 aliphatic carbocycles. The maximum absolute atomic E-state index is 12.3. The van der Waals surface area contributed by atoms with E-state index < -0.39 is 0 Å². The standard InChI is InChI=1S/C17H19N5O2S/c1-4-5-13-15(25-22-19-13)16(23)18-17-21-20-14(24-17)9-12-7-6-10(2)8-11(12)3/h6-8H,4-5,9H2,1-3H3,(H,18,21,23). The first-order chi connectivity index (χ1) is 12.1. The van der Waals surface area contributed by atoms with Crippen LogP contribution in [0.3, 0.4) is 0 Å². The molecule has 3 rings (SSSR count). The van der Waals surface area contributed by atoms with Gasteiger partial charge < -0.3 is 4.42 Å². The Morgan fingerprint density at radius 3 is 2.84 bits per heavy atom. The molecule has 0 radical (unpaired) electrons. The first-order valence-electron chi connectivity index (χ1n) is 8.08. The molecule has 8 heteroatoms. The van der Waals surface area contributed by atoms with E-state index in [1.165, 1.54) is 11.1 Å². The Kier molecular flexibility index (Phi) is 5.18. The number of nitrogens with zero attached hydrogens (tertiary/aromatic N) is 4. The largest absolute Gasteiger partial charge is 0.407 e. The van der Waals surface area contributed by atoms with Gasteiger partial charge in [-0.2, -0.15) is 0 Å². The number of rotatable bonds is 6. The van der Waals surface area contributed by atoms with Gasteiger partial charge in [0.2, 0.25) is 5.89 Å². The summed E-state index contributed by atoms with van der Waals surface area (Å²) in [4.78, 5) is 12.8. The normalized spacial score (nSPS) is 10.8. The summed E-state index contributed by atoms with van der Waals surface area (Å²) in [7, 11) is 0. The third-order valence-corrected chi connectivity index (χ3v) is 4.54. The van der Waals surface area contributed by atoms with E-state index in [0.29, 0.717) is 29.3 Å². The smallest absolute Gasteiger partial charge is 0.322 e. The van der Waals surface area contributed by atoms with Crippen LogP contribution in [-0.4, -0.2) is 25.7 Å². The van der Waals surface area contributed by atoms with E-state index in [-0.39, 0.29) is 11.9 Å². The van der Waals surface area contributed by atoms with Gasteiger partial charge in [0.05, 0.1) is 12.1 Å². The van der Waals surface area contributed by atoms with Crippen LogP contribution in [0.15, 0.2) is 22.6 Å². The molecule has 1 amide bonds. The second-order valence-corrected chi connectivity index (χ2v) is 6.61. The number of nitrogens with one attached hydrogen (secondary N) is 1. The van der Waals surface area contributed by atoms with Crippen LogP contribution in [0.25, 0.3) is 0 Å². The van der Waals surface area contributed by atoms with E-state index in [4.69, 9.17) is 4.42 Å². The van der Waals surface area contributed by atoms with Crippen LogP contribution in [0.5, 0.6) is 0 Å². The van der Waals surface area contributed by atoms with E-state index in [9.17, 15) is 4.79 Å². The van der Waals surface area contributed by atoms with Gasteiger partial charge in [0.15, 0.2) is 0 Å². The zero-order valence-electron chi connectivity index (χ0n) is 14.4. The fourth-order valence-electron chi connectivity index (χ4n) is 2.52. The SMILES string of the molecule is CCCc1nnsc1C(=O)Nc1nnc(Cc2ccc(C)cc2C)o1. The molecule has 3 aromatic rings. The molecule has 1 aromatic carbocycles. The quantitative estimate of drug-likeness (QED) is 0.727. The van der Waals surface area contributed by atoms with Gasteiger partial charge >= 0.3 is 6.01 Å². The average Bonchev–Trinajstić information content (AvgIpc) is 3.20. The molecule has 2 aromatic heterocycles. The lowest BCUT2D eigenvalue weighted by atomic mass is 10.0. The molecule has 1 N–H and O–H groups in total. The predicted molar refractivity (Wildman–Crippen MR) is 94.9 cm³/mol. The second kappa shape index (κ2) is 7.52. The summed E-state index contributed by atoms with van der Waals surface area (Å²) in [5.74, 6) is 0.138. The van der Waals surface area contributed by atoms with Crippen LogP contribution in [0, 0.1) is 13.8 Å². The van der Waals surface area contributed by atoms with Gasteiger partial charge in [-0.3, -0.25) is 10.1 Å². The highest BCUT2D eigenvalue weighted by molar-refractivity contribution is 7.08. The van der Waals surface area contributed by atoms with Gasteiger partial charge in [-0.15, -0.1) is 10.2 Å². The summed E-state index contributed by atoms with van der Waals surface area (Å²) in [5.41, 5.74) is 4.19. The van der Waals surface area contributed by atoms with Crippen molar-refractivity contribution in [3.63, 3.8) is 0 Å². The van der Waals surface area contributed by atoms with Gasteiger partial charge in [0, 0.05) is 0 Å². The lowest BCUT2D eigenvalue weighted by molar-refractivity contribution is 0.102. The molecule has 0 fully saturated rings. The van der Waals surface area contributed by atoms with E-state index >= 15 is 0 Å². The van der Waals surface area contributed by atoms with Gasteiger partial charge in [0.1, 0.15) is 4.88 Å². The Morgan fingerprint density at radius 2 is 2.08 bits per heavy atom. The van der Waals surface area contributed by atoms with Gasteiger partial charge in [0.25, 0.3) is 5.91 Å². The fourth-order valence-corrected chi connectivity index (χ4v) is 3.12. The highest BCUT2D eigenvalue weighted by Crippen LogP contribution is 2.18. The van der Waals surface area contributed by atoms with E-state index in [1.807, 2.05) is 26.0 Å². The summed E-state index contributed by atoms with van der Waals surface area (Å²) in [5, 5.41) is 14.5. The summed E-state index contributed by atoms with van der Waals surface area (Å²) in [6.07, 6.45) is 2.13. The molecule has 130 valence electrons. The molecule has 0 aliphatic rings. The number of benzene rings is 1. The number of anilines is 1. The summed E-state index contributed by atoms with van der Waals surface area (Å²) in [6, 6.07) is 6.29. The van der Waals surface area contributed by atoms with Crippen molar-refractivity contribution in [3.8, 4) is 0 Å². The van der Waals surface area contributed by atoms with Crippen molar-refractivity contribution in [2.45, 2.75) is 40.0 Å². The fraction of sp³-hybridized carbons (Fsp3) is 0.353. The zero-order valence-corrected chi connectivity index (χ0v) is 15.2. The highest BCUT2D eigenvalue weighted by atomic mass is 32.1. The minimum absolute atomic E-state index is 0.0839. The average molecular weight is 357 g/mol. The second-order valence-electron chi connectivity index (χ2n) is 5.86. The Morgan fingerprint density at radius 1 is 1.24 bits per heavy atom. The lowest BCUT2D eigenvalue weighted by Gasteiger charge is -2.03. The molecule has 0 atom stereocenters. The zero-order chi connectivity index (χ0) is 17.8. The summed E-state index contributed by atoms with van der Waals surface area (Å²) < 4.78 is 9.40. The van der Waals surface area contributed by atoms with Crippen LogP contribution >= 0.6 is 11.5 Å². The van der Waals surface area contributed by atoms with Gasteiger partial charge in [-0.25, -0.2) is 0 Å². The van der Waals surface area contributed by atoms with E-state index in [0.717, 1.165) is 23.5 Å². The van der Waals surface area contributed by atoms with E-state index in [1.54, 1.807) is 0 Å². The lowest BCUT2D eigenvalue weighted by Crippen LogP contribution is -2.12. The van der Waals surface area contributed by atoms with Crippen LogP contribution < -0.4 is 5.32 Å². The molecule has 0 saturated heterocycles. The molecule has 0 bridgehead atoms. The van der Waals surface area contributed by atoms with Gasteiger partial charge in [-0.1, -0.05) is 46.7 Å². The summed E-state index contributed by atoms with van der Waals surface area (Å²) >= 11 is 1.07. The number of amides is 1. The third kappa shape index (κ3) is 4.08. The van der Waals surface area contributed by atoms with Crippen LogP contribution in [-0.2, 0) is 12.8 Å². The molecule has 0 saturated carbocycles. The number of carbonyl (C=O) groups excluding carboxylic acids is 1. The predicted octanol–water partition coefficient (Wildman–Crippen LogP) is 3.33.